The second-order valence-corrected chi connectivity index (χ2v) is 7.90. The molecule has 0 saturated heterocycles. The van der Waals surface area contributed by atoms with E-state index in [9.17, 15) is 5.26 Å². The predicted octanol–water partition coefficient (Wildman–Crippen LogP) is 6.88. The summed E-state index contributed by atoms with van der Waals surface area (Å²) >= 11 is 7.54. The summed E-state index contributed by atoms with van der Waals surface area (Å²) < 4.78 is 16.0. The number of aromatic nitrogens is 1. The van der Waals surface area contributed by atoms with Crippen LogP contribution in [0.25, 0.3) is 32.7 Å². The summed E-state index contributed by atoms with van der Waals surface area (Å²) in [7, 11) is 0. The van der Waals surface area contributed by atoms with Gasteiger partial charge in [0.25, 0.3) is 0 Å². The fraction of sp³-hybridized carbons (Fsp3) is 0.130. The van der Waals surface area contributed by atoms with E-state index in [0.717, 1.165) is 10.8 Å². The molecular weight excluding hydrogens is 423 g/mol. The molecule has 0 aliphatic heterocycles. The Morgan fingerprint density at radius 2 is 1.97 bits per heavy atom. The van der Waals surface area contributed by atoms with Gasteiger partial charge in [-0.25, -0.2) is 14.6 Å². The van der Waals surface area contributed by atoms with Crippen LogP contribution in [0.4, 0.5) is 4.39 Å². The lowest BCUT2D eigenvalue weighted by Gasteiger charge is -2.17. The SMILES string of the molecule is CSc1nc(Cl)cc2c(F)c(-c3cc(OO)cc4ccccc34)c(CCC#N)cc12. The second-order valence-electron chi connectivity index (χ2n) is 6.72. The van der Waals surface area contributed by atoms with Gasteiger partial charge in [0.05, 0.1) is 6.07 Å². The van der Waals surface area contributed by atoms with E-state index in [1.54, 1.807) is 12.1 Å². The topological polar surface area (TPSA) is 66.1 Å². The van der Waals surface area contributed by atoms with Crippen LogP contribution in [0, 0.1) is 17.1 Å². The molecule has 4 aromatic rings. The molecule has 3 aromatic carbocycles. The standard InChI is InChI=1S/C23H16ClFN2O2S/c1-30-23-19-10-14(6-4-8-26)21(22(25)18(19)12-20(24)27-23)17-11-15(29-28)9-13-5-2-3-7-16(13)17/h2-3,5,7,9-12,28H,4,6H2,1H3. The van der Waals surface area contributed by atoms with Gasteiger partial charge in [0.1, 0.15) is 16.0 Å². The Balaban J connectivity index is 2.14. The minimum Gasteiger partial charge on any atom is -0.340 e. The molecule has 0 radical (unpaired) electrons. The van der Waals surface area contributed by atoms with Crippen molar-refractivity contribution in [2.45, 2.75) is 17.9 Å². The van der Waals surface area contributed by atoms with Crippen molar-refractivity contribution in [1.29, 1.82) is 5.26 Å². The van der Waals surface area contributed by atoms with E-state index in [1.165, 1.54) is 17.8 Å². The quantitative estimate of drug-likeness (QED) is 0.159. The Bertz CT molecular complexity index is 1320. The van der Waals surface area contributed by atoms with Crippen LogP contribution in [0.3, 0.4) is 0 Å². The van der Waals surface area contributed by atoms with Gasteiger partial charge >= 0.3 is 0 Å². The Morgan fingerprint density at radius 3 is 2.70 bits per heavy atom. The molecular formula is C23H16ClFN2O2S. The largest absolute Gasteiger partial charge is 0.340 e. The molecule has 0 bridgehead atoms. The van der Waals surface area contributed by atoms with Gasteiger partial charge in [-0.1, -0.05) is 35.9 Å². The maximum Gasteiger partial charge on any atom is 0.166 e. The van der Waals surface area contributed by atoms with Crippen LogP contribution in [0.2, 0.25) is 5.15 Å². The Labute approximate surface area is 181 Å². The van der Waals surface area contributed by atoms with Crippen molar-refractivity contribution in [1.82, 2.24) is 4.98 Å². The van der Waals surface area contributed by atoms with Crippen LogP contribution in [0.5, 0.6) is 5.75 Å². The number of hydrogen-bond donors (Lipinski definition) is 1. The summed E-state index contributed by atoms with van der Waals surface area (Å²) in [4.78, 5) is 8.78. The number of fused-ring (bicyclic) bond motifs is 2. The molecule has 0 unspecified atom stereocenters. The minimum absolute atomic E-state index is 0.201. The van der Waals surface area contributed by atoms with Crippen LogP contribution in [-0.4, -0.2) is 16.5 Å². The smallest absolute Gasteiger partial charge is 0.166 e. The fourth-order valence-electron chi connectivity index (χ4n) is 3.72. The maximum atomic E-state index is 16.0. The van der Waals surface area contributed by atoms with Crippen LogP contribution < -0.4 is 4.89 Å². The van der Waals surface area contributed by atoms with Gasteiger partial charge < -0.3 is 4.89 Å². The van der Waals surface area contributed by atoms with Gasteiger partial charge in [0.2, 0.25) is 0 Å². The van der Waals surface area contributed by atoms with Crippen LogP contribution in [0.1, 0.15) is 12.0 Å². The fourth-order valence-corrected chi connectivity index (χ4v) is 4.54. The average Bonchev–Trinajstić information content (AvgIpc) is 2.77. The summed E-state index contributed by atoms with van der Waals surface area (Å²) in [6.07, 6.45) is 2.46. The van der Waals surface area contributed by atoms with E-state index in [2.05, 4.69) is 15.9 Å². The van der Waals surface area contributed by atoms with Gasteiger partial charge in [0, 0.05) is 22.8 Å². The summed E-state index contributed by atoms with van der Waals surface area (Å²) in [6.45, 7) is 0. The summed E-state index contributed by atoms with van der Waals surface area (Å²) in [5.41, 5.74) is 1.62. The average molecular weight is 439 g/mol. The highest BCUT2D eigenvalue weighted by Crippen LogP contribution is 2.41. The number of nitriles is 1. The van der Waals surface area contributed by atoms with Gasteiger partial charge in [-0.15, -0.1) is 11.8 Å². The van der Waals surface area contributed by atoms with Gasteiger partial charge in [-0.05, 0) is 58.8 Å². The first-order valence-corrected chi connectivity index (χ1v) is 10.7. The predicted molar refractivity (Wildman–Crippen MR) is 119 cm³/mol. The van der Waals surface area contributed by atoms with E-state index in [4.69, 9.17) is 16.9 Å². The molecule has 0 saturated carbocycles. The maximum absolute atomic E-state index is 16.0. The third-order valence-electron chi connectivity index (χ3n) is 5.00. The van der Waals surface area contributed by atoms with E-state index in [0.29, 0.717) is 38.9 Å². The van der Waals surface area contributed by atoms with Gasteiger partial charge in [-0.3, -0.25) is 0 Å². The number of aryl methyl sites for hydroxylation is 1. The van der Waals surface area contributed by atoms with Gasteiger partial charge in [-0.2, -0.15) is 5.26 Å². The summed E-state index contributed by atoms with van der Waals surface area (Å²) in [5.74, 6) is -0.243. The summed E-state index contributed by atoms with van der Waals surface area (Å²) in [5, 5.41) is 21.8. The number of halogens is 2. The number of pyridine rings is 1. The molecule has 1 aromatic heterocycles. The molecule has 0 spiro atoms. The molecule has 150 valence electrons. The zero-order valence-electron chi connectivity index (χ0n) is 15.9. The van der Waals surface area contributed by atoms with Crippen molar-refractivity contribution in [2.75, 3.05) is 6.26 Å². The lowest BCUT2D eigenvalue weighted by molar-refractivity contribution is -0.137. The monoisotopic (exact) mass is 438 g/mol. The zero-order chi connectivity index (χ0) is 21.3. The number of hydrogen-bond acceptors (Lipinski definition) is 5. The number of benzene rings is 3. The molecule has 0 fully saturated rings. The molecule has 0 aliphatic rings. The summed E-state index contributed by atoms with van der Waals surface area (Å²) in [6, 6.07) is 16.3. The Kier molecular flexibility index (Phi) is 5.78. The number of rotatable bonds is 5. The highest BCUT2D eigenvalue weighted by atomic mass is 35.5. The zero-order valence-corrected chi connectivity index (χ0v) is 17.5. The van der Waals surface area contributed by atoms with E-state index < -0.39 is 5.82 Å². The van der Waals surface area contributed by atoms with Crippen molar-refractivity contribution >= 4 is 44.9 Å². The highest BCUT2D eigenvalue weighted by molar-refractivity contribution is 7.98. The van der Waals surface area contributed by atoms with Crippen molar-refractivity contribution in [3.05, 3.63) is 65.1 Å². The molecule has 0 aliphatic carbocycles. The molecule has 30 heavy (non-hydrogen) atoms. The Hall–Kier alpha value is -2.85. The van der Waals surface area contributed by atoms with Crippen molar-refractivity contribution in [3.63, 3.8) is 0 Å². The first-order chi connectivity index (χ1) is 14.6. The Morgan fingerprint density at radius 1 is 1.17 bits per heavy atom. The molecule has 7 heteroatoms. The highest BCUT2D eigenvalue weighted by Gasteiger charge is 2.20. The van der Waals surface area contributed by atoms with Crippen molar-refractivity contribution < 1.29 is 14.5 Å². The van der Waals surface area contributed by atoms with E-state index in [1.807, 2.05) is 36.6 Å². The van der Waals surface area contributed by atoms with E-state index in [-0.39, 0.29) is 17.3 Å². The third-order valence-corrected chi connectivity index (χ3v) is 5.89. The van der Waals surface area contributed by atoms with Crippen LogP contribution in [0.15, 0.2) is 53.6 Å². The second kappa shape index (κ2) is 8.49. The first kappa shape index (κ1) is 20.4. The first-order valence-electron chi connectivity index (χ1n) is 9.14. The minimum atomic E-state index is -0.444. The normalized spacial score (nSPS) is 11.0. The number of nitrogens with zero attached hydrogens (tertiary/aromatic N) is 2. The van der Waals surface area contributed by atoms with Crippen LogP contribution in [-0.2, 0) is 6.42 Å². The third kappa shape index (κ3) is 3.56. The van der Waals surface area contributed by atoms with Crippen molar-refractivity contribution in [2.24, 2.45) is 0 Å². The lowest BCUT2D eigenvalue weighted by atomic mass is 9.90. The van der Waals surface area contributed by atoms with Gasteiger partial charge in [0.15, 0.2) is 5.75 Å². The molecule has 1 N–H and O–H groups in total. The lowest BCUT2D eigenvalue weighted by Crippen LogP contribution is -1.99. The molecule has 1 heterocycles. The van der Waals surface area contributed by atoms with Crippen molar-refractivity contribution in [3.8, 4) is 22.9 Å². The molecule has 4 nitrogen and oxygen atoms in total. The molecule has 0 atom stereocenters. The number of thioether (sulfide) groups is 1. The molecule has 4 rings (SSSR count). The van der Waals surface area contributed by atoms with Crippen LogP contribution >= 0.6 is 23.4 Å². The van der Waals surface area contributed by atoms with E-state index >= 15 is 4.39 Å². The molecule has 0 amide bonds.